The van der Waals surface area contributed by atoms with Gasteiger partial charge in [0.25, 0.3) is 0 Å². The van der Waals surface area contributed by atoms with E-state index in [1.54, 1.807) is 6.08 Å². The second-order valence-corrected chi connectivity index (χ2v) is 18.7. The first kappa shape index (κ1) is 59.8. The molecule has 0 aliphatic rings. The van der Waals surface area contributed by atoms with E-state index in [0.29, 0.717) is 25.7 Å². The summed E-state index contributed by atoms with van der Waals surface area (Å²) in [5.74, 6) is -0.320. The van der Waals surface area contributed by atoms with E-state index in [-0.39, 0.29) is 12.8 Å². The molecule has 0 aromatic carbocycles. The van der Waals surface area contributed by atoms with Crippen LogP contribution in [0.1, 0.15) is 168 Å². The number of unbranched alkanes of at least 4 members (excludes halogenated alkanes) is 14. The Bertz CT molecular complexity index is 1360. The van der Waals surface area contributed by atoms with Crippen molar-refractivity contribution in [3.05, 3.63) is 60.8 Å². The maximum Gasteiger partial charge on any atom is 0.472 e. The fraction of sp³-hybridized carbons (Fsp3) is 0.739. The summed E-state index contributed by atoms with van der Waals surface area (Å²) in [5.41, 5.74) is 0. The van der Waals surface area contributed by atoms with Crippen LogP contribution in [0.5, 0.6) is 0 Å². The fourth-order valence-electron chi connectivity index (χ4n) is 5.94. The van der Waals surface area contributed by atoms with Crippen LogP contribution in [0.4, 0.5) is 0 Å². The predicted octanol–water partition coefficient (Wildman–Crippen LogP) is 10.8. The van der Waals surface area contributed by atoms with Crippen molar-refractivity contribution in [2.75, 3.05) is 26.4 Å². The molecule has 2 unspecified atom stereocenters. The first-order chi connectivity index (χ1) is 29.6. The monoisotopic (exact) mass is 921 g/mol. The predicted molar refractivity (Wildman–Crippen MR) is 245 cm³/mol. The number of hydrogen-bond donors (Lipinski definition) is 5. The number of phosphoric acid groups is 2. The Hall–Kier alpha value is -2.22. The number of esters is 2. The number of rotatable bonds is 42. The highest BCUT2D eigenvalue weighted by Gasteiger charge is 2.28. The third kappa shape index (κ3) is 44.4. The molecule has 16 heteroatoms. The lowest BCUT2D eigenvalue weighted by Gasteiger charge is -2.20. The Labute approximate surface area is 373 Å². The van der Waals surface area contributed by atoms with Crippen LogP contribution in [0.15, 0.2) is 60.8 Å². The van der Waals surface area contributed by atoms with E-state index in [2.05, 4.69) is 29.0 Å². The average molecular weight is 921 g/mol. The summed E-state index contributed by atoms with van der Waals surface area (Å²) < 4.78 is 47.8. The van der Waals surface area contributed by atoms with Crippen LogP contribution in [0, 0.1) is 5.92 Å². The standard InChI is InChI=1S/C46H82O14P2/c1-4-5-33-42(47)34-29-25-21-17-13-10-11-14-18-22-26-30-35-45(49)56-39-44(40-59-62(54,55)58-38-43(48)37-57-61(51,52)53)60-46(50)36-31-27-23-19-15-9-7-6-8-12-16-20-24-28-32-41(2)3/h5,10-11,17-18,21-22,25,29,33,41-44,47-48H,4,6-9,12-16,19-20,23-24,26-28,30-32,34-40H2,1-3H3,(H,54,55)(H2,51,52,53)/b11-10-,21-17-,22-18-,29-25+,33-5-/t42?,43-,44+/m0/s1. The lowest BCUT2D eigenvalue weighted by Crippen LogP contribution is -2.30. The molecule has 0 saturated carbocycles. The molecule has 0 aliphatic heterocycles. The lowest BCUT2D eigenvalue weighted by molar-refractivity contribution is -0.161. The van der Waals surface area contributed by atoms with Crippen molar-refractivity contribution in [1.29, 1.82) is 0 Å². The van der Waals surface area contributed by atoms with Gasteiger partial charge in [-0.1, -0.05) is 171 Å². The molecule has 0 saturated heterocycles. The molecule has 0 fully saturated rings. The van der Waals surface area contributed by atoms with Gasteiger partial charge in [-0.3, -0.25) is 23.2 Å². The molecule has 0 spiro atoms. The number of phosphoric ester groups is 2. The van der Waals surface area contributed by atoms with Crippen LogP contribution in [-0.2, 0) is 41.8 Å². The quantitative estimate of drug-likeness (QED) is 0.0127. The lowest BCUT2D eigenvalue weighted by atomic mass is 10.0. The Morgan fingerprint density at radius 3 is 1.69 bits per heavy atom. The van der Waals surface area contributed by atoms with Crippen LogP contribution >= 0.6 is 15.6 Å². The van der Waals surface area contributed by atoms with Gasteiger partial charge in [0.05, 0.1) is 25.9 Å². The van der Waals surface area contributed by atoms with Gasteiger partial charge in [0.2, 0.25) is 0 Å². The highest BCUT2D eigenvalue weighted by Crippen LogP contribution is 2.43. The van der Waals surface area contributed by atoms with Gasteiger partial charge in [-0.05, 0) is 50.9 Å². The van der Waals surface area contributed by atoms with Gasteiger partial charge >= 0.3 is 27.6 Å². The maximum atomic E-state index is 12.7. The molecule has 0 amide bonds. The first-order valence-electron chi connectivity index (χ1n) is 22.9. The minimum absolute atomic E-state index is 0.0980. The van der Waals surface area contributed by atoms with E-state index >= 15 is 0 Å². The summed E-state index contributed by atoms with van der Waals surface area (Å²) in [4.78, 5) is 52.7. The molecule has 5 N–H and O–H groups in total. The first-order valence-corrected chi connectivity index (χ1v) is 26.0. The molecule has 0 aromatic rings. The zero-order chi connectivity index (χ0) is 46.2. The molecular formula is C46H82O14P2. The van der Waals surface area contributed by atoms with E-state index in [1.165, 1.54) is 64.2 Å². The summed E-state index contributed by atoms with van der Waals surface area (Å²) >= 11 is 0. The molecule has 0 bridgehead atoms. The molecule has 0 aliphatic carbocycles. The Morgan fingerprint density at radius 1 is 0.581 bits per heavy atom. The minimum Gasteiger partial charge on any atom is -0.462 e. The van der Waals surface area contributed by atoms with Crippen LogP contribution in [0.2, 0.25) is 0 Å². The number of aliphatic hydroxyl groups is 2. The average Bonchev–Trinajstić information content (AvgIpc) is 3.21. The molecule has 360 valence electrons. The topological polar surface area (TPSA) is 216 Å². The maximum absolute atomic E-state index is 12.7. The number of carbonyl (C=O) groups excluding carboxylic acids is 2. The van der Waals surface area contributed by atoms with E-state index in [9.17, 15) is 33.8 Å². The van der Waals surface area contributed by atoms with Crippen LogP contribution in [-0.4, -0.2) is 81.6 Å². The third-order valence-corrected chi connectivity index (χ3v) is 10.8. The number of ether oxygens (including phenoxy) is 2. The van der Waals surface area contributed by atoms with Crippen LogP contribution in [0.3, 0.4) is 0 Å². The van der Waals surface area contributed by atoms with Gasteiger partial charge in [-0.2, -0.15) is 0 Å². The van der Waals surface area contributed by atoms with Crippen molar-refractivity contribution in [2.24, 2.45) is 5.92 Å². The van der Waals surface area contributed by atoms with Crippen molar-refractivity contribution in [2.45, 2.75) is 187 Å². The SMILES string of the molecule is CC/C=C\C(O)C/C=C/C=C\C/C=C\C/C=C\CCCC(=O)OC[C@H](COP(=O)(O)OC[C@@H](O)COP(=O)(O)O)OC(=O)CCCCCCCCCCCCCCCCC(C)C. The summed E-state index contributed by atoms with van der Waals surface area (Å²) in [6.45, 7) is 3.78. The number of carbonyl (C=O) groups is 2. The molecular weight excluding hydrogens is 838 g/mol. The zero-order valence-corrected chi connectivity index (χ0v) is 39.8. The van der Waals surface area contributed by atoms with Gasteiger partial charge in [0.1, 0.15) is 12.7 Å². The summed E-state index contributed by atoms with van der Waals surface area (Å²) in [6, 6.07) is 0. The van der Waals surface area contributed by atoms with Gasteiger partial charge in [0, 0.05) is 12.8 Å². The largest absolute Gasteiger partial charge is 0.472 e. The van der Waals surface area contributed by atoms with Gasteiger partial charge in [-0.25, -0.2) is 9.13 Å². The van der Waals surface area contributed by atoms with Crippen LogP contribution in [0.25, 0.3) is 0 Å². The van der Waals surface area contributed by atoms with E-state index in [0.717, 1.165) is 50.9 Å². The van der Waals surface area contributed by atoms with Gasteiger partial charge in [0.15, 0.2) is 6.10 Å². The molecule has 0 radical (unpaired) electrons. The van der Waals surface area contributed by atoms with Crippen molar-refractivity contribution >= 4 is 27.6 Å². The molecule has 0 aromatic heterocycles. The summed E-state index contributed by atoms with van der Waals surface area (Å²) in [7, 11) is -9.71. The molecule has 0 rings (SSSR count). The fourth-order valence-corrected chi connectivity index (χ4v) is 7.10. The molecule has 62 heavy (non-hydrogen) atoms. The number of aliphatic hydroxyl groups excluding tert-OH is 2. The number of hydrogen-bond acceptors (Lipinski definition) is 11. The highest BCUT2D eigenvalue weighted by molar-refractivity contribution is 7.47. The molecule has 0 heterocycles. The Kier molecular flexibility index (Phi) is 38.9. The Morgan fingerprint density at radius 2 is 1.10 bits per heavy atom. The van der Waals surface area contributed by atoms with Gasteiger partial charge in [-0.15, -0.1) is 0 Å². The van der Waals surface area contributed by atoms with E-state index < -0.39 is 72.3 Å². The third-order valence-electron chi connectivity index (χ3n) is 9.41. The summed E-state index contributed by atoms with van der Waals surface area (Å²) in [5, 5.41) is 19.5. The minimum atomic E-state index is -4.88. The normalized spacial score (nSPS) is 15.1. The number of allylic oxidation sites excluding steroid dienone is 8. The van der Waals surface area contributed by atoms with Crippen LogP contribution < -0.4 is 0 Å². The molecule has 14 nitrogen and oxygen atoms in total. The second kappa shape index (κ2) is 40.3. The highest BCUT2D eigenvalue weighted by atomic mass is 31.2. The van der Waals surface area contributed by atoms with Crippen molar-refractivity contribution in [3.8, 4) is 0 Å². The Balaban J connectivity index is 4.59. The second-order valence-electron chi connectivity index (χ2n) is 16.0. The molecule has 4 atom stereocenters. The van der Waals surface area contributed by atoms with Gasteiger partial charge < -0.3 is 34.4 Å². The summed E-state index contributed by atoms with van der Waals surface area (Å²) in [6.07, 6.45) is 38.5. The van der Waals surface area contributed by atoms with Crippen molar-refractivity contribution in [1.82, 2.24) is 0 Å². The van der Waals surface area contributed by atoms with Crippen molar-refractivity contribution < 1.29 is 66.7 Å². The smallest absolute Gasteiger partial charge is 0.462 e. The van der Waals surface area contributed by atoms with E-state index in [1.807, 2.05) is 55.5 Å². The zero-order valence-electron chi connectivity index (χ0n) is 38.0. The van der Waals surface area contributed by atoms with Crippen molar-refractivity contribution in [3.63, 3.8) is 0 Å². The van der Waals surface area contributed by atoms with E-state index in [4.69, 9.17) is 23.8 Å².